The van der Waals surface area contributed by atoms with E-state index in [-0.39, 0.29) is 6.61 Å². The Morgan fingerprint density at radius 3 is 2.71 bits per heavy atom. The van der Waals surface area contributed by atoms with Gasteiger partial charge in [0.25, 0.3) is 0 Å². The number of benzene rings is 1. The summed E-state index contributed by atoms with van der Waals surface area (Å²) < 4.78 is 1.99. The molecule has 0 fully saturated rings. The summed E-state index contributed by atoms with van der Waals surface area (Å²) in [6.45, 7) is 0.0668. The Bertz CT molecular complexity index is 643. The minimum atomic E-state index is 0.0668. The molecule has 0 atom stereocenters. The van der Waals surface area contributed by atoms with E-state index < -0.39 is 0 Å². The molecule has 0 amide bonds. The number of fused-ring (bicyclic) bond motifs is 1. The van der Waals surface area contributed by atoms with Crippen molar-refractivity contribution >= 4 is 5.65 Å². The van der Waals surface area contributed by atoms with Crippen LogP contribution in [-0.2, 0) is 6.61 Å². The first-order valence-corrected chi connectivity index (χ1v) is 5.36. The molecule has 1 N–H and O–H groups in total. The molecule has 84 valence electrons. The van der Waals surface area contributed by atoms with Crippen LogP contribution in [0.4, 0.5) is 0 Å². The van der Waals surface area contributed by atoms with Gasteiger partial charge in [-0.3, -0.25) is 9.38 Å². The first kappa shape index (κ1) is 9.99. The molecule has 3 aromatic rings. The van der Waals surface area contributed by atoms with Gasteiger partial charge in [0.05, 0.1) is 24.7 Å². The normalized spacial score (nSPS) is 10.9. The van der Waals surface area contributed by atoms with Crippen LogP contribution >= 0.6 is 0 Å². The van der Waals surface area contributed by atoms with Gasteiger partial charge in [0, 0.05) is 18.0 Å². The minimum Gasteiger partial charge on any atom is -0.392 e. The lowest BCUT2D eigenvalue weighted by molar-refractivity contribution is 0.282. The minimum absolute atomic E-state index is 0.0668. The average Bonchev–Trinajstić information content (AvgIpc) is 2.83. The molecule has 0 aliphatic carbocycles. The molecular formula is C13H11N3O. The molecule has 17 heavy (non-hydrogen) atoms. The average molecular weight is 225 g/mol. The van der Waals surface area contributed by atoms with E-state index in [1.54, 1.807) is 12.4 Å². The third kappa shape index (κ3) is 1.68. The van der Waals surface area contributed by atoms with Crippen molar-refractivity contribution in [2.75, 3.05) is 0 Å². The van der Waals surface area contributed by atoms with E-state index in [0.717, 1.165) is 22.5 Å². The van der Waals surface area contributed by atoms with Crippen LogP contribution in [0.1, 0.15) is 5.56 Å². The highest BCUT2D eigenvalue weighted by Gasteiger charge is 2.04. The summed E-state index contributed by atoms with van der Waals surface area (Å²) in [5.41, 5.74) is 3.82. The van der Waals surface area contributed by atoms with Gasteiger partial charge in [0.2, 0.25) is 0 Å². The predicted octanol–water partition coefficient (Wildman–Crippen LogP) is 1.89. The van der Waals surface area contributed by atoms with Crippen LogP contribution in [0.2, 0.25) is 0 Å². The number of hydrogen-bond donors (Lipinski definition) is 1. The van der Waals surface area contributed by atoms with E-state index in [1.807, 2.05) is 41.1 Å². The van der Waals surface area contributed by atoms with Crippen molar-refractivity contribution in [3.8, 4) is 11.3 Å². The molecule has 0 unspecified atom stereocenters. The Balaban J connectivity index is 2.13. The van der Waals surface area contributed by atoms with Crippen molar-refractivity contribution in [2.24, 2.45) is 0 Å². The Morgan fingerprint density at radius 1 is 1.12 bits per heavy atom. The second kappa shape index (κ2) is 3.99. The number of aliphatic hydroxyl groups is 1. The van der Waals surface area contributed by atoms with E-state index in [0.29, 0.717) is 0 Å². The molecule has 0 spiro atoms. The standard InChI is InChI=1S/C13H11N3O/c17-9-10-1-3-11(4-2-10)12-7-15-13-8-14-5-6-16(12)13/h1-8,17H,9H2. The summed E-state index contributed by atoms with van der Waals surface area (Å²) in [4.78, 5) is 8.32. The summed E-state index contributed by atoms with van der Waals surface area (Å²) in [5, 5.41) is 9.00. The SMILES string of the molecule is OCc1ccc(-c2cnc3cnccn23)cc1. The Hall–Kier alpha value is -2.20. The van der Waals surface area contributed by atoms with Gasteiger partial charge < -0.3 is 5.11 Å². The summed E-state index contributed by atoms with van der Waals surface area (Å²) in [6, 6.07) is 7.79. The van der Waals surface area contributed by atoms with E-state index in [4.69, 9.17) is 5.11 Å². The fraction of sp³-hybridized carbons (Fsp3) is 0.0769. The van der Waals surface area contributed by atoms with Gasteiger partial charge in [-0.25, -0.2) is 4.98 Å². The van der Waals surface area contributed by atoms with Crippen LogP contribution in [0.25, 0.3) is 16.9 Å². The van der Waals surface area contributed by atoms with E-state index >= 15 is 0 Å². The molecule has 3 rings (SSSR count). The Labute approximate surface area is 98.2 Å². The largest absolute Gasteiger partial charge is 0.392 e. The predicted molar refractivity (Wildman–Crippen MR) is 64.3 cm³/mol. The fourth-order valence-corrected chi connectivity index (χ4v) is 1.84. The summed E-state index contributed by atoms with van der Waals surface area (Å²) in [5.74, 6) is 0. The van der Waals surface area contributed by atoms with Gasteiger partial charge in [0.15, 0.2) is 5.65 Å². The Morgan fingerprint density at radius 2 is 1.94 bits per heavy atom. The van der Waals surface area contributed by atoms with E-state index in [9.17, 15) is 0 Å². The van der Waals surface area contributed by atoms with Crippen LogP contribution in [-0.4, -0.2) is 19.5 Å². The van der Waals surface area contributed by atoms with Crippen LogP contribution in [0.15, 0.2) is 49.1 Å². The monoisotopic (exact) mass is 225 g/mol. The highest BCUT2D eigenvalue weighted by molar-refractivity contribution is 5.63. The van der Waals surface area contributed by atoms with Crippen LogP contribution < -0.4 is 0 Å². The smallest absolute Gasteiger partial charge is 0.155 e. The molecule has 0 saturated heterocycles. The zero-order chi connectivity index (χ0) is 11.7. The maximum atomic E-state index is 9.00. The highest BCUT2D eigenvalue weighted by atomic mass is 16.3. The summed E-state index contributed by atoms with van der Waals surface area (Å²) in [6.07, 6.45) is 7.18. The quantitative estimate of drug-likeness (QED) is 0.724. The van der Waals surface area contributed by atoms with Gasteiger partial charge in [-0.2, -0.15) is 0 Å². The van der Waals surface area contributed by atoms with Gasteiger partial charge in [0.1, 0.15) is 0 Å². The number of aromatic nitrogens is 3. The highest BCUT2D eigenvalue weighted by Crippen LogP contribution is 2.20. The van der Waals surface area contributed by atoms with Crippen molar-refractivity contribution in [2.45, 2.75) is 6.61 Å². The molecule has 4 heteroatoms. The van der Waals surface area contributed by atoms with E-state index in [2.05, 4.69) is 9.97 Å². The topological polar surface area (TPSA) is 50.4 Å². The van der Waals surface area contributed by atoms with Crippen molar-refractivity contribution in [3.63, 3.8) is 0 Å². The van der Waals surface area contributed by atoms with Crippen molar-refractivity contribution < 1.29 is 5.11 Å². The van der Waals surface area contributed by atoms with E-state index in [1.165, 1.54) is 0 Å². The van der Waals surface area contributed by atoms with Gasteiger partial charge >= 0.3 is 0 Å². The lowest BCUT2D eigenvalue weighted by atomic mass is 10.1. The maximum Gasteiger partial charge on any atom is 0.155 e. The number of rotatable bonds is 2. The van der Waals surface area contributed by atoms with Crippen molar-refractivity contribution in [3.05, 3.63) is 54.6 Å². The lowest BCUT2D eigenvalue weighted by Gasteiger charge is -2.02. The molecule has 0 aliphatic heterocycles. The van der Waals surface area contributed by atoms with Crippen LogP contribution in [0, 0.1) is 0 Å². The van der Waals surface area contributed by atoms with Gasteiger partial charge in [-0.05, 0) is 5.56 Å². The first-order valence-electron chi connectivity index (χ1n) is 5.36. The molecule has 2 heterocycles. The zero-order valence-electron chi connectivity index (χ0n) is 9.11. The lowest BCUT2D eigenvalue weighted by Crippen LogP contribution is -1.89. The second-order valence-corrected chi connectivity index (χ2v) is 3.80. The third-order valence-electron chi connectivity index (χ3n) is 2.75. The van der Waals surface area contributed by atoms with Crippen LogP contribution in [0.5, 0.6) is 0 Å². The number of nitrogens with zero attached hydrogens (tertiary/aromatic N) is 3. The molecule has 0 saturated carbocycles. The Kier molecular flexibility index (Phi) is 2.34. The number of aliphatic hydroxyl groups excluding tert-OH is 1. The summed E-state index contributed by atoms with van der Waals surface area (Å²) >= 11 is 0. The first-order chi connectivity index (χ1) is 8.38. The summed E-state index contributed by atoms with van der Waals surface area (Å²) in [7, 11) is 0. The van der Waals surface area contributed by atoms with Crippen molar-refractivity contribution in [1.82, 2.24) is 14.4 Å². The van der Waals surface area contributed by atoms with Crippen molar-refractivity contribution in [1.29, 1.82) is 0 Å². The maximum absolute atomic E-state index is 9.00. The van der Waals surface area contributed by atoms with Gasteiger partial charge in [-0.1, -0.05) is 24.3 Å². The molecule has 2 aromatic heterocycles. The fourth-order valence-electron chi connectivity index (χ4n) is 1.84. The second-order valence-electron chi connectivity index (χ2n) is 3.80. The molecule has 0 aliphatic rings. The number of imidazole rings is 1. The zero-order valence-corrected chi connectivity index (χ0v) is 9.11. The number of hydrogen-bond acceptors (Lipinski definition) is 3. The molecule has 1 aromatic carbocycles. The molecule has 4 nitrogen and oxygen atoms in total. The molecular weight excluding hydrogens is 214 g/mol. The molecule has 0 bridgehead atoms. The van der Waals surface area contributed by atoms with Gasteiger partial charge in [-0.15, -0.1) is 0 Å². The van der Waals surface area contributed by atoms with Crippen LogP contribution in [0.3, 0.4) is 0 Å². The third-order valence-corrected chi connectivity index (χ3v) is 2.75. The molecule has 0 radical (unpaired) electrons.